The predicted octanol–water partition coefficient (Wildman–Crippen LogP) is 2.99. The van der Waals surface area contributed by atoms with Gasteiger partial charge in [0.15, 0.2) is 0 Å². The van der Waals surface area contributed by atoms with E-state index in [9.17, 15) is 0 Å². The minimum absolute atomic E-state index is 0.0650. The molecule has 1 atom stereocenters. The van der Waals surface area contributed by atoms with Crippen LogP contribution in [-0.4, -0.2) is 50.1 Å². The molecular formula is C18H33N3. The quantitative estimate of drug-likeness (QED) is 0.759. The molecule has 0 aromatic heterocycles. The van der Waals surface area contributed by atoms with Crippen molar-refractivity contribution in [2.75, 3.05) is 40.3 Å². The van der Waals surface area contributed by atoms with Crippen molar-refractivity contribution in [1.29, 1.82) is 0 Å². The van der Waals surface area contributed by atoms with Crippen molar-refractivity contribution in [2.45, 2.75) is 33.2 Å². The standard InChI is InChI=1S/C18H33N3/c1-6-21(14-10-13-20(4)5)15-18(2,3)17(19)16-11-8-7-9-12-16/h7-9,11-12,17H,6,10,13-15,19H2,1-5H3. The van der Waals surface area contributed by atoms with Crippen molar-refractivity contribution in [3.05, 3.63) is 35.9 Å². The van der Waals surface area contributed by atoms with Crippen LogP contribution in [0.4, 0.5) is 0 Å². The van der Waals surface area contributed by atoms with Crippen molar-refractivity contribution in [1.82, 2.24) is 9.80 Å². The Morgan fingerprint density at radius 2 is 1.71 bits per heavy atom. The fourth-order valence-corrected chi connectivity index (χ4v) is 2.75. The minimum Gasteiger partial charge on any atom is -0.323 e. The molecule has 0 saturated heterocycles. The molecule has 1 unspecified atom stereocenters. The molecule has 2 N–H and O–H groups in total. The molecule has 1 aromatic carbocycles. The summed E-state index contributed by atoms with van der Waals surface area (Å²) in [6.45, 7) is 11.2. The molecule has 0 bridgehead atoms. The summed E-state index contributed by atoms with van der Waals surface area (Å²) in [7, 11) is 4.26. The van der Waals surface area contributed by atoms with Crippen LogP contribution in [0.2, 0.25) is 0 Å². The number of nitrogens with two attached hydrogens (primary N) is 1. The Kier molecular flexibility index (Phi) is 7.36. The third-order valence-corrected chi connectivity index (χ3v) is 4.16. The van der Waals surface area contributed by atoms with E-state index in [4.69, 9.17) is 5.73 Å². The van der Waals surface area contributed by atoms with Gasteiger partial charge >= 0.3 is 0 Å². The molecule has 120 valence electrons. The fourth-order valence-electron chi connectivity index (χ4n) is 2.75. The largest absolute Gasteiger partial charge is 0.323 e. The average molecular weight is 291 g/mol. The van der Waals surface area contributed by atoms with Crippen molar-refractivity contribution in [3.8, 4) is 0 Å². The Bertz CT molecular complexity index is 387. The Balaban J connectivity index is 2.60. The fraction of sp³-hybridized carbons (Fsp3) is 0.667. The van der Waals surface area contributed by atoms with Crippen molar-refractivity contribution >= 4 is 0 Å². The molecule has 0 aliphatic rings. The molecule has 3 heteroatoms. The highest BCUT2D eigenvalue weighted by Gasteiger charge is 2.29. The molecule has 0 saturated carbocycles. The van der Waals surface area contributed by atoms with Gasteiger partial charge in [-0.1, -0.05) is 51.1 Å². The van der Waals surface area contributed by atoms with E-state index in [0.717, 1.165) is 26.2 Å². The van der Waals surface area contributed by atoms with E-state index in [0.29, 0.717) is 0 Å². The second-order valence-corrected chi connectivity index (χ2v) is 6.90. The molecule has 0 spiro atoms. The number of hydrogen-bond donors (Lipinski definition) is 1. The normalized spacial score (nSPS) is 13.9. The number of hydrogen-bond acceptors (Lipinski definition) is 3. The summed E-state index contributed by atoms with van der Waals surface area (Å²) in [5.74, 6) is 0. The molecule has 0 fully saturated rings. The van der Waals surface area contributed by atoms with Crippen molar-refractivity contribution in [2.24, 2.45) is 11.1 Å². The molecule has 0 heterocycles. The molecule has 0 radical (unpaired) electrons. The van der Waals surface area contributed by atoms with Gasteiger partial charge in [0.05, 0.1) is 0 Å². The lowest BCUT2D eigenvalue weighted by molar-refractivity contribution is 0.153. The molecule has 21 heavy (non-hydrogen) atoms. The topological polar surface area (TPSA) is 32.5 Å². The van der Waals surface area contributed by atoms with Crippen LogP contribution in [0.3, 0.4) is 0 Å². The maximum absolute atomic E-state index is 6.52. The van der Waals surface area contributed by atoms with Crippen LogP contribution in [0.15, 0.2) is 30.3 Å². The number of benzene rings is 1. The Hall–Kier alpha value is -0.900. The zero-order valence-electron chi connectivity index (χ0n) is 14.5. The van der Waals surface area contributed by atoms with Gasteiger partial charge in [0.1, 0.15) is 0 Å². The zero-order chi connectivity index (χ0) is 15.9. The average Bonchev–Trinajstić information content (AvgIpc) is 2.45. The van der Waals surface area contributed by atoms with E-state index in [-0.39, 0.29) is 11.5 Å². The molecule has 1 rings (SSSR count). The smallest absolute Gasteiger partial charge is 0.0359 e. The molecular weight excluding hydrogens is 258 g/mol. The first kappa shape index (κ1) is 18.1. The van der Waals surface area contributed by atoms with Crippen LogP contribution in [0.5, 0.6) is 0 Å². The van der Waals surface area contributed by atoms with Gasteiger partial charge in [-0.25, -0.2) is 0 Å². The summed E-state index contributed by atoms with van der Waals surface area (Å²) in [4.78, 5) is 4.76. The van der Waals surface area contributed by atoms with E-state index >= 15 is 0 Å². The summed E-state index contributed by atoms with van der Waals surface area (Å²) in [6.07, 6.45) is 1.21. The van der Waals surface area contributed by atoms with Gasteiger partial charge in [0, 0.05) is 12.6 Å². The first-order chi connectivity index (χ1) is 9.86. The molecule has 0 aliphatic heterocycles. The van der Waals surface area contributed by atoms with E-state index in [1.54, 1.807) is 0 Å². The summed E-state index contributed by atoms with van der Waals surface area (Å²) < 4.78 is 0. The van der Waals surface area contributed by atoms with Gasteiger partial charge in [-0.2, -0.15) is 0 Å². The van der Waals surface area contributed by atoms with E-state index < -0.39 is 0 Å². The van der Waals surface area contributed by atoms with Gasteiger partial charge in [-0.3, -0.25) is 0 Å². The van der Waals surface area contributed by atoms with Crippen LogP contribution >= 0.6 is 0 Å². The highest BCUT2D eigenvalue weighted by Crippen LogP contribution is 2.32. The summed E-state index contributed by atoms with van der Waals surface area (Å²) in [5, 5.41) is 0. The van der Waals surface area contributed by atoms with E-state index in [1.165, 1.54) is 12.0 Å². The number of nitrogens with zero attached hydrogens (tertiary/aromatic N) is 2. The zero-order valence-corrected chi connectivity index (χ0v) is 14.5. The third kappa shape index (κ3) is 6.16. The summed E-state index contributed by atoms with van der Waals surface area (Å²) in [5.41, 5.74) is 7.81. The van der Waals surface area contributed by atoms with Gasteiger partial charge < -0.3 is 15.5 Å². The molecule has 0 amide bonds. The second-order valence-electron chi connectivity index (χ2n) is 6.90. The maximum atomic E-state index is 6.52. The molecule has 1 aromatic rings. The SMILES string of the molecule is CCN(CCCN(C)C)CC(C)(C)C(N)c1ccccc1. The van der Waals surface area contributed by atoms with Crippen molar-refractivity contribution in [3.63, 3.8) is 0 Å². The monoisotopic (exact) mass is 291 g/mol. The van der Waals surface area contributed by atoms with Crippen LogP contribution < -0.4 is 5.73 Å². The lowest BCUT2D eigenvalue weighted by Gasteiger charge is -2.37. The van der Waals surface area contributed by atoms with Crippen LogP contribution in [0.1, 0.15) is 38.8 Å². The van der Waals surface area contributed by atoms with E-state index in [1.807, 2.05) is 6.07 Å². The van der Waals surface area contributed by atoms with Gasteiger partial charge in [0.25, 0.3) is 0 Å². The van der Waals surface area contributed by atoms with Crippen LogP contribution in [-0.2, 0) is 0 Å². The molecule has 0 aliphatic carbocycles. The predicted molar refractivity (Wildman–Crippen MR) is 92.4 cm³/mol. The van der Waals surface area contributed by atoms with Gasteiger partial charge in [-0.15, -0.1) is 0 Å². The first-order valence-corrected chi connectivity index (χ1v) is 8.04. The summed E-state index contributed by atoms with van der Waals surface area (Å²) >= 11 is 0. The minimum atomic E-state index is 0.0650. The lowest BCUT2D eigenvalue weighted by Crippen LogP contribution is -2.41. The van der Waals surface area contributed by atoms with E-state index in [2.05, 4.69) is 68.9 Å². The highest BCUT2D eigenvalue weighted by molar-refractivity contribution is 5.20. The second kappa shape index (κ2) is 8.52. The van der Waals surface area contributed by atoms with Crippen molar-refractivity contribution < 1.29 is 0 Å². The third-order valence-electron chi connectivity index (χ3n) is 4.16. The Labute approximate surface area is 131 Å². The van der Waals surface area contributed by atoms with Gasteiger partial charge in [-0.05, 0) is 51.1 Å². The van der Waals surface area contributed by atoms with Crippen LogP contribution in [0, 0.1) is 5.41 Å². The first-order valence-electron chi connectivity index (χ1n) is 8.04. The van der Waals surface area contributed by atoms with Gasteiger partial charge in [0.2, 0.25) is 0 Å². The number of rotatable bonds is 9. The Morgan fingerprint density at radius 3 is 2.24 bits per heavy atom. The maximum Gasteiger partial charge on any atom is 0.0359 e. The molecule has 3 nitrogen and oxygen atoms in total. The lowest BCUT2D eigenvalue weighted by atomic mass is 9.80. The van der Waals surface area contributed by atoms with Crippen LogP contribution in [0.25, 0.3) is 0 Å². The Morgan fingerprint density at radius 1 is 1.10 bits per heavy atom. The summed E-state index contributed by atoms with van der Waals surface area (Å²) in [6, 6.07) is 10.5. The highest BCUT2D eigenvalue weighted by atomic mass is 15.1.